The van der Waals surface area contributed by atoms with Gasteiger partial charge in [-0.2, -0.15) is 15.0 Å². The summed E-state index contributed by atoms with van der Waals surface area (Å²) in [7, 11) is 3.24. The first kappa shape index (κ1) is 16.4. The maximum atomic E-state index is 5.20. The third-order valence-corrected chi connectivity index (χ3v) is 2.86. The van der Waals surface area contributed by atoms with Crippen molar-refractivity contribution in [2.45, 2.75) is 33.2 Å². The first-order chi connectivity index (χ1) is 9.65. The molecule has 0 saturated carbocycles. The lowest BCUT2D eigenvalue weighted by atomic mass is 10.3. The zero-order chi connectivity index (χ0) is 15.0. The minimum Gasteiger partial charge on any atom is -0.467 e. The van der Waals surface area contributed by atoms with Crippen LogP contribution in [0.2, 0.25) is 0 Å². The topological polar surface area (TPSA) is 72.4 Å². The minimum absolute atomic E-state index is 0.177. The van der Waals surface area contributed by atoms with Crippen LogP contribution in [-0.4, -0.2) is 54.9 Å². The van der Waals surface area contributed by atoms with E-state index in [1.807, 2.05) is 0 Å². The maximum absolute atomic E-state index is 5.20. The van der Waals surface area contributed by atoms with E-state index in [9.17, 15) is 0 Å². The van der Waals surface area contributed by atoms with Crippen LogP contribution in [0.25, 0.3) is 0 Å². The number of hydrogen-bond acceptors (Lipinski definition) is 7. The summed E-state index contributed by atoms with van der Waals surface area (Å²) >= 11 is 0. The van der Waals surface area contributed by atoms with Gasteiger partial charge in [-0.15, -0.1) is 0 Å². The van der Waals surface area contributed by atoms with E-state index >= 15 is 0 Å². The van der Waals surface area contributed by atoms with Gasteiger partial charge in [-0.3, -0.25) is 0 Å². The number of nitrogens with zero attached hydrogens (tertiary/aromatic N) is 4. The van der Waals surface area contributed by atoms with Crippen LogP contribution in [0.1, 0.15) is 27.2 Å². The van der Waals surface area contributed by atoms with Crippen LogP contribution in [0.4, 0.5) is 11.9 Å². The lowest BCUT2D eigenvalue weighted by Crippen LogP contribution is -2.37. The zero-order valence-electron chi connectivity index (χ0n) is 13.0. The first-order valence-electron chi connectivity index (χ1n) is 6.95. The highest BCUT2D eigenvalue weighted by Crippen LogP contribution is 2.17. The molecule has 0 bridgehead atoms. The highest BCUT2D eigenvalue weighted by atomic mass is 16.5. The molecule has 7 heteroatoms. The van der Waals surface area contributed by atoms with Gasteiger partial charge in [-0.25, -0.2) is 0 Å². The van der Waals surface area contributed by atoms with Crippen LogP contribution in [0, 0.1) is 0 Å². The van der Waals surface area contributed by atoms with Crippen molar-refractivity contribution in [3.8, 4) is 6.01 Å². The van der Waals surface area contributed by atoms with Crippen molar-refractivity contribution in [2.75, 3.05) is 44.1 Å². The van der Waals surface area contributed by atoms with Crippen molar-refractivity contribution in [3.63, 3.8) is 0 Å². The summed E-state index contributed by atoms with van der Waals surface area (Å²) in [5.74, 6) is 1.14. The van der Waals surface area contributed by atoms with E-state index in [-0.39, 0.29) is 6.04 Å². The van der Waals surface area contributed by atoms with Gasteiger partial charge in [-0.05, 0) is 20.3 Å². The number of methoxy groups -OCH3 is 2. The second-order valence-electron chi connectivity index (χ2n) is 4.46. The van der Waals surface area contributed by atoms with Crippen molar-refractivity contribution in [1.82, 2.24) is 15.0 Å². The number of aromatic nitrogens is 3. The molecule has 1 aromatic heterocycles. The summed E-state index contributed by atoms with van der Waals surface area (Å²) in [6, 6.07) is 0.493. The average molecular weight is 283 g/mol. The summed E-state index contributed by atoms with van der Waals surface area (Å²) in [6.07, 6.45) is 1.00. The lowest BCUT2D eigenvalue weighted by Gasteiger charge is -2.27. The third kappa shape index (κ3) is 4.48. The van der Waals surface area contributed by atoms with Crippen LogP contribution in [0.15, 0.2) is 0 Å². The number of hydrogen-bond donors (Lipinski definition) is 1. The molecule has 0 radical (unpaired) electrons. The molecule has 114 valence electrons. The number of likely N-dealkylation sites (N-methyl/N-ethyl adjacent to an activating group) is 1. The van der Waals surface area contributed by atoms with Crippen LogP contribution in [0.3, 0.4) is 0 Å². The molecule has 0 aliphatic heterocycles. The maximum Gasteiger partial charge on any atom is 0.322 e. The third-order valence-electron chi connectivity index (χ3n) is 2.86. The van der Waals surface area contributed by atoms with E-state index in [0.717, 1.165) is 19.5 Å². The van der Waals surface area contributed by atoms with Gasteiger partial charge >= 0.3 is 6.01 Å². The average Bonchev–Trinajstić information content (AvgIpc) is 2.46. The molecule has 0 amide bonds. The van der Waals surface area contributed by atoms with E-state index in [1.54, 1.807) is 14.2 Å². The molecule has 0 aromatic carbocycles. The Balaban J connectivity index is 3.00. The Morgan fingerprint density at radius 2 is 1.95 bits per heavy atom. The number of rotatable bonds is 9. The molecule has 1 N–H and O–H groups in total. The highest BCUT2D eigenvalue weighted by Gasteiger charge is 2.18. The lowest BCUT2D eigenvalue weighted by molar-refractivity contribution is 0.181. The molecule has 1 rings (SSSR count). The Labute approximate surface area is 120 Å². The van der Waals surface area contributed by atoms with Crippen LogP contribution in [0.5, 0.6) is 6.01 Å². The second-order valence-corrected chi connectivity index (χ2v) is 4.46. The molecule has 0 aliphatic rings. The van der Waals surface area contributed by atoms with Gasteiger partial charge < -0.3 is 19.7 Å². The van der Waals surface area contributed by atoms with Gasteiger partial charge in [-0.1, -0.05) is 6.92 Å². The van der Waals surface area contributed by atoms with E-state index in [4.69, 9.17) is 9.47 Å². The molecule has 0 spiro atoms. The summed E-state index contributed by atoms with van der Waals surface area (Å²) in [5, 5.41) is 3.16. The standard InChI is InChI=1S/C13H25N5O2/c1-6-8-14-11-15-12(17-13(16-11)20-5)18(7-2)10(3)9-19-4/h10H,6-9H2,1-5H3,(H,14,15,16,17). The van der Waals surface area contributed by atoms with Crippen molar-refractivity contribution in [2.24, 2.45) is 0 Å². The Bertz CT molecular complexity index is 402. The Kier molecular flexibility index (Phi) is 7.00. The van der Waals surface area contributed by atoms with Crippen LogP contribution < -0.4 is 15.0 Å². The molecule has 0 saturated heterocycles. The number of anilines is 2. The van der Waals surface area contributed by atoms with E-state index in [0.29, 0.717) is 24.5 Å². The summed E-state index contributed by atoms with van der Waals surface area (Å²) < 4.78 is 10.3. The molecule has 0 aliphatic carbocycles. The van der Waals surface area contributed by atoms with Gasteiger partial charge in [0.25, 0.3) is 0 Å². The van der Waals surface area contributed by atoms with Gasteiger partial charge in [0.2, 0.25) is 11.9 Å². The molecule has 7 nitrogen and oxygen atoms in total. The normalized spacial score (nSPS) is 12.1. The van der Waals surface area contributed by atoms with Crippen LogP contribution >= 0.6 is 0 Å². The van der Waals surface area contributed by atoms with Crippen molar-refractivity contribution in [1.29, 1.82) is 0 Å². The number of ether oxygens (including phenoxy) is 2. The highest BCUT2D eigenvalue weighted by molar-refractivity contribution is 5.39. The molecule has 0 fully saturated rings. The number of nitrogens with one attached hydrogen (secondary N) is 1. The van der Waals surface area contributed by atoms with Crippen molar-refractivity contribution in [3.05, 3.63) is 0 Å². The molecule has 1 heterocycles. The van der Waals surface area contributed by atoms with Gasteiger partial charge in [0.05, 0.1) is 19.8 Å². The monoisotopic (exact) mass is 283 g/mol. The van der Waals surface area contributed by atoms with Gasteiger partial charge in [0.15, 0.2) is 0 Å². The van der Waals surface area contributed by atoms with Crippen LogP contribution in [-0.2, 0) is 4.74 Å². The molecular weight excluding hydrogens is 258 g/mol. The summed E-state index contributed by atoms with van der Waals surface area (Å²) in [5.41, 5.74) is 0. The Hall–Kier alpha value is -1.63. The molecule has 1 atom stereocenters. The second kappa shape index (κ2) is 8.52. The van der Waals surface area contributed by atoms with E-state index < -0.39 is 0 Å². The zero-order valence-corrected chi connectivity index (χ0v) is 13.0. The van der Waals surface area contributed by atoms with Gasteiger partial charge in [0, 0.05) is 20.2 Å². The summed E-state index contributed by atoms with van der Waals surface area (Å²) in [4.78, 5) is 15.0. The van der Waals surface area contributed by atoms with Crippen molar-refractivity contribution >= 4 is 11.9 Å². The predicted octanol–water partition coefficient (Wildman–Crippen LogP) is 1.56. The minimum atomic E-state index is 0.177. The van der Waals surface area contributed by atoms with Gasteiger partial charge in [0.1, 0.15) is 0 Å². The van der Waals surface area contributed by atoms with E-state index in [1.165, 1.54) is 0 Å². The summed E-state index contributed by atoms with van der Waals surface area (Å²) in [6.45, 7) is 8.42. The first-order valence-corrected chi connectivity index (χ1v) is 6.95. The molecular formula is C13H25N5O2. The smallest absolute Gasteiger partial charge is 0.322 e. The molecule has 20 heavy (non-hydrogen) atoms. The Morgan fingerprint density at radius 1 is 1.20 bits per heavy atom. The van der Waals surface area contributed by atoms with E-state index in [2.05, 4.69) is 45.9 Å². The largest absolute Gasteiger partial charge is 0.467 e. The van der Waals surface area contributed by atoms with Crippen molar-refractivity contribution < 1.29 is 9.47 Å². The fourth-order valence-corrected chi connectivity index (χ4v) is 1.86. The fourth-order valence-electron chi connectivity index (χ4n) is 1.86. The predicted molar refractivity (Wildman–Crippen MR) is 79.5 cm³/mol. The quantitative estimate of drug-likeness (QED) is 0.737. The molecule has 1 aromatic rings. The molecule has 1 unspecified atom stereocenters. The SMILES string of the molecule is CCCNc1nc(OC)nc(N(CC)C(C)COC)n1. The fraction of sp³-hybridized carbons (Fsp3) is 0.769. The Morgan fingerprint density at radius 3 is 2.50 bits per heavy atom.